The van der Waals surface area contributed by atoms with Gasteiger partial charge in [0.2, 0.25) is 0 Å². The van der Waals surface area contributed by atoms with Crippen LogP contribution in [0, 0.1) is 17.2 Å². The third kappa shape index (κ3) is 7.76. The Balaban J connectivity index is 3.13. The standard InChI is InChI=1S/C18H26N4O4S/c1-12(2)9-15(21-17(24)26-18(3,4)5)16(23)22-27(20,25)14-8-6-7-13(10-14)11-19/h6-8,10,12,15H,9H2,1-5H3,(H,21,24)(H2,20,22,23,25)/t15-,27?/m0/s1. The van der Waals surface area contributed by atoms with Crippen molar-refractivity contribution in [2.75, 3.05) is 0 Å². The molecule has 0 spiro atoms. The topological polar surface area (TPSA) is 135 Å². The summed E-state index contributed by atoms with van der Waals surface area (Å²) in [7, 11) is -3.56. The summed E-state index contributed by atoms with van der Waals surface area (Å²) < 4.78 is 21.5. The Kier molecular flexibility index (Phi) is 7.51. The molecule has 148 valence electrons. The second-order valence-electron chi connectivity index (χ2n) is 7.47. The average molecular weight is 394 g/mol. The number of ether oxygens (including phenoxy) is 1. The Morgan fingerprint density at radius 1 is 1.37 bits per heavy atom. The molecule has 0 saturated heterocycles. The predicted octanol–water partition coefficient (Wildman–Crippen LogP) is 2.72. The number of carbonyl (C=O) groups is 2. The molecule has 0 saturated carbocycles. The fraction of sp³-hybridized carbons (Fsp3) is 0.500. The van der Waals surface area contributed by atoms with Gasteiger partial charge in [0.1, 0.15) is 21.6 Å². The van der Waals surface area contributed by atoms with E-state index >= 15 is 0 Å². The molecule has 0 aliphatic carbocycles. The largest absolute Gasteiger partial charge is 0.444 e. The van der Waals surface area contributed by atoms with E-state index in [1.807, 2.05) is 19.9 Å². The van der Waals surface area contributed by atoms with Crippen LogP contribution in [0.25, 0.3) is 0 Å². The van der Waals surface area contributed by atoms with Crippen LogP contribution in [0.15, 0.2) is 33.5 Å². The quantitative estimate of drug-likeness (QED) is 0.791. The first-order valence-corrected chi connectivity index (χ1v) is 10.0. The lowest BCUT2D eigenvalue weighted by atomic mass is 10.0. The molecule has 0 heterocycles. The van der Waals surface area contributed by atoms with Gasteiger partial charge in [-0.15, -0.1) is 4.36 Å². The van der Waals surface area contributed by atoms with Gasteiger partial charge in [-0.3, -0.25) is 4.79 Å². The molecule has 2 atom stereocenters. The predicted molar refractivity (Wildman–Crippen MR) is 102 cm³/mol. The number of nitrogens with zero attached hydrogens (tertiary/aromatic N) is 2. The van der Waals surface area contributed by atoms with Crippen LogP contribution >= 0.6 is 0 Å². The maximum Gasteiger partial charge on any atom is 0.408 e. The highest BCUT2D eigenvalue weighted by atomic mass is 32.2. The van der Waals surface area contributed by atoms with Gasteiger partial charge in [0, 0.05) is 0 Å². The lowest BCUT2D eigenvalue weighted by Crippen LogP contribution is -2.44. The summed E-state index contributed by atoms with van der Waals surface area (Å²) in [5, 5.41) is 17.2. The SMILES string of the molecule is CC(C)C[C@H](NC(=O)OC(C)(C)C)C(=O)N=S(N)(=O)c1cccc(C#N)c1. The van der Waals surface area contributed by atoms with Crippen molar-refractivity contribution in [2.24, 2.45) is 15.4 Å². The summed E-state index contributed by atoms with van der Waals surface area (Å²) in [5.41, 5.74) is -0.481. The Labute approximate surface area is 160 Å². The van der Waals surface area contributed by atoms with Crippen LogP contribution in [0.5, 0.6) is 0 Å². The van der Waals surface area contributed by atoms with Gasteiger partial charge < -0.3 is 10.1 Å². The van der Waals surface area contributed by atoms with E-state index in [9.17, 15) is 13.8 Å². The van der Waals surface area contributed by atoms with Crippen LogP contribution in [0.1, 0.15) is 46.6 Å². The van der Waals surface area contributed by atoms with E-state index in [2.05, 4.69) is 9.68 Å². The van der Waals surface area contributed by atoms with Crippen LogP contribution in [0.2, 0.25) is 0 Å². The molecule has 9 heteroatoms. The number of carbonyl (C=O) groups excluding carboxylic acids is 2. The first kappa shape index (κ1) is 22.6. The molecule has 0 fully saturated rings. The van der Waals surface area contributed by atoms with Gasteiger partial charge in [0.15, 0.2) is 0 Å². The zero-order chi connectivity index (χ0) is 20.8. The van der Waals surface area contributed by atoms with E-state index < -0.39 is 33.6 Å². The highest BCUT2D eigenvalue weighted by Gasteiger charge is 2.26. The van der Waals surface area contributed by atoms with E-state index in [0.717, 1.165) is 0 Å². The molecule has 1 rings (SSSR count). The summed E-state index contributed by atoms with van der Waals surface area (Å²) >= 11 is 0. The lowest BCUT2D eigenvalue weighted by molar-refractivity contribution is -0.120. The maximum absolute atomic E-state index is 12.7. The van der Waals surface area contributed by atoms with Crippen molar-refractivity contribution in [3.63, 3.8) is 0 Å². The molecule has 2 amide bonds. The van der Waals surface area contributed by atoms with Crippen molar-refractivity contribution < 1.29 is 18.5 Å². The molecule has 3 N–H and O–H groups in total. The van der Waals surface area contributed by atoms with Crippen LogP contribution in [0.4, 0.5) is 4.79 Å². The Morgan fingerprint density at radius 2 is 2.00 bits per heavy atom. The van der Waals surface area contributed by atoms with E-state index in [-0.39, 0.29) is 22.8 Å². The van der Waals surface area contributed by atoms with Crippen molar-refractivity contribution in [1.82, 2.24) is 5.32 Å². The number of hydrogen-bond donors (Lipinski definition) is 2. The van der Waals surface area contributed by atoms with Gasteiger partial charge in [0.25, 0.3) is 5.91 Å². The molecule has 0 radical (unpaired) electrons. The summed E-state index contributed by atoms with van der Waals surface area (Å²) in [6.45, 7) is 8.84. The summed E-state index contributed by atoms with van der Waals surface area (Å²) in [6.07, 6.45) is -0.498. The first-order chi connectivity index (χ1) is 12.3. The van der Waals surface area contributed by atoms with E-state index in [1.165, 1.54) is 24.3 Å². The number of nitriles is 1. The molecule has 0 bridgehead atoms. The molecule has 8 nitrogen and oxygen atoms in total. The van der Waals surface area contributed by atoms with Crippen LogP contribution < -0.4 is 10.5 Å². The molecule has 1 aromatic rings. The monoisotopic (exact) mass is 394 g/mol. The van der Waals surface area contributed by atoms with Crippen LogP contribution in [0.3, 0.4) is 0 Å². The lowest BCUT2D eigenvalue weighted by Gasteiger charge is -2.23. The van der Waals surface area contributed by atoms with Crippen molar-refractivity contribution >= 4 is 21.9 Å². The van der Waals surface area contributed by atoms with Crippen LogP contribution in [-0.2, 0) is 19.4 Å². The van der Waals surface area contributed by atoms with Gasteiger partial charge in [-0.05, 0) is 51.3 Å². The number of alkyl carbamates (subject to hydrolysis) is 1. The fourth-order valence-corrected chi connectivity index (χ4v) is 3.21. The minimum Gasteiger partial charge on any atom is -0.444 e. The van der Waals surface area contributed by atoms with E-state index in [4.69, 9.17) is 15.1 Å². The minimum absolute atomic E-state index is 0.0554. The smallest absolute Gasteiger partial charge is 0.408 e. The molecule has 1 unspecified atom stereocenters. The Morgan fingerprint density at radius 3 is 2.52 bits per heavy atom. The third-order valence-corrected chi connectivity index (χ3v) is 4.60. The number of nitrogens with two attached hydrogens (primary N) is 1. The van der Waals surface area contributed by atoms with Crippen molar-refractivity contribution in [1.29, 1.82) is 5.26 Å². The molecule has 27 heavy (non-hydrogen) atoms. The van der Waals surface area contributed by atoms with Crippen molar-refractivity contribution in [3.05, 3.63) is 29.8 Å². The third-order valence-electron chi connectivity index (χ3n) is 3.22. The normalized spacial score (nSPS) is 14.6. The zero-order valence-corrected chi connectivity index (χ0v) is 17.0. The molecule has 0 aliphatic rings. The van der Waals surface area contributed by atoms with Gasteiger partial charge in [-0.1, -0.05) is 19.9 Å². The van der Waals surface area contributed by atoms with E-state index in [0.29, 0.717) is 0 Å². The molecular formula is C18H26N4O4S. The molecule has 1 aromatic carbocycles. The number of amides is 2. The van der Waals surface area contributed by atoms with Gasteiger partial charge >= 0.3 is 6.09 Å². The van der Waals surface area contributed by atoms with Gasteiger partial charge in [-0.25, -0.2) is 14.1 Å². The summed E-state index contributed by atoms with van der Waals surface area (Å²) in [6, 6.07) is 6.66. The number of rotatable bonds is 5. The Hall–Kier alpha value is -2.44. The number of benzene rings is 1. The second kappa shape index (κ2) is 8.97. The minimum atomic E-state index is -3.56. The van der Waals surface area contributed by atoms with Crippen molar-refractivity contribution in [2.45, 2.75) is 57.6 Å². The highest BCUT2D eigenvalue weighted by Crippen LogP contribution is 2.14. The number of nitrogens with one attached hydrogen (secondary N) is 1. The van der Waals surface area contributed by atoms with Gasteiger partial charge in [-0.2, -0.15) is 5.26 Å². The molecule has 0 aromatic heterocycles. The summed E-state index contributed by atoms with van der Waals surface area (Å²) in [4.78, 5) is 24.6. The average Bonchev–Trinajstić information content (AvgIpc) is 2.51. The Bertz CT molecular complexity index is 859. The molecule has 0 aliphatic heterocycles. The second-order valence-corrected chi connectivity index (χ2v) is 9.26. The van der Waals surface area contributed by atoms with Crippen LogP contribution in [-0.4, -0.2) is 27.9 Å². The molecular weight excluding hydrogens is 368 g/mol. The van der Waals surface area contributed by atoms with Crippen molar-refractivity contribution in [3.8, 4) is 6.07 Å². The van der Waals surface area contributed by atoms with E-state index in [1.54, 1.807) is 20.8 Å². The summed E-state index contributed by atoms with van der Waals surface area (Å²) in [5.74, 6) is -0.760. The highest BCUT2D eigenvalue weighted by molar-refractivity contribution is 7.91. The fourth-order valence-electron chi connectivity index (χ4n) is 2.14. The number of hydrogen-bond acceptors (Lipinski definition) is 5. The maximum atomic E-state index is 12.7. The zero-order valence-electron chi connectivity index (χ0n) is 16.2. The first-order valence-electron chi connectivity index (χ1n) is 8.42. The van der Waals surface area contributed by atoms with Gasteiger partial charge in [0.05, 0.1) is 16.5 Å².